The van der Waals surface area contributed by atoms with Crippen molar-refractivity contribution in [3.63, 3.8) is 0 Å². The van der Waals surface area contributed by atoms with Crippen LogP contribution < -0.4 is 0 Å². The van der Waals surface area contributed by atoms with Crippen molar-refractivity contribution >= 4 is 11.6 Å². The van der Waals surface area contributed by atoms with Gasteiger partial charge in [-0.1, -0.05) is 12.1 Å². The fraction of sp³-hybridized carbons (Fsp3) is 0.269. The number of nitrogens with zero attached hydrogens (tertiary/aromatic N) is 4. The Labute approximate surface area is 186 Å². The largest absolute Gasteiger partial charge is 0.337 e. The van der Waals surface area contributed by atoms with Crippen LogP contribution in [0.1, 0.15) is 46.2 Å². The summed E-state index contributed by atoms with van der Waals surface area (Å²) in [6, 6.07) is 14.6. The summed E-state index contributed by atoms with van der Waals surface area (Å²) in [5.41, 5.74) is 6.25. The number of halogens is 1. The second-order valence-electron chi connectivity index (χ2n) is 8.61. The molecule has 3 aromatic heterocycles. The molecule has 1 fully saturated rings. The summed E-state index contributed by atoms with van der Waals surface area (Å²) in [6.07, 6.45) is 5.64. The lowest BCUT2D eigenvalue weighted by molar-refractivity contribution is 0.0700. The zero-order valence-corrected chi connectivity index (χ0v) is 18.3. The second kappa shape index (κ2) is 8.19. The number of piperidine rings is 1. The molecule has 4 heterocycles. The van der Waals surface area contributed by atoms with Crippen molar-refractivity contribution in [2.45, 2.75) is 32.6 Å². The zero-order valence-electron chi connectivity index (χ0n) is 18.3. The van der Waals surface area contributed by atoms with Crippen molar-refractivity contribution in [2.75, 3.05) is 13.1 Å². The first-order valence-electron chi connectivity index (χ1n) is 11.0. The highest BCUT2D eigenvalue weighted by molar-refractivity contribution is 5.93. The Kier molecular flexibility index (Phi) is 5.21. The zero-order chi connectivity index (χ0) is 22.2. The predicted molar refractivity (Wildman–Crippen MR) is 122 cm³/mol. The molecule has 0 aliphatic carbocycles. The van der Waals surface area contributed by atoms with Crippen LogP contribution >= 0.6 is 0 Å². The molecule has 0 unspecified atom stereocenters. The number of fused-ring (bicyclic) bond motifs is 1. The van der Waals surface area contributed by atoms with Crippen molar-refractivity contribution in [3.8, 4) is 11.1 Å². The number of aryl methyl sites for hydroxylation is 2. The third kappa shape index (κ3) is 4.00. The second-order valence-corrected chi connectivity index (χ2v) is 8.61. The quantitative estimate of drug-likeness (QED) is 0.452. The average Bonchev–Trinajstić information content (AvgIpc) is 3.22. The molecule has 6 heteroatoms. The third-order valence-corrected chi connectivity index (χ3v) is 6.11. The van der Waals surface area contributed by atoms with E-state index in [1.165, 1.54) is 12.1 Å². The fourth-order valence-corrected chi connectivity index (χ4v) is 4.46. The maximum absolute atomic E-state index is 13.3. The van der Waals surface area contributed by atoms with E-state index in [9.17, 15) is 9.18 Å². The van der Waals surface area contributed by atoms with Crippen LogP contribution in [0.2, 0.25) is 0 Å². The van der Waals surface area contributed by atoms with Gasteiger partial charge < -0.3 is 9.30 Å². The number of pyridine rings is 2. The Balaban J connectivity index is 1.39. The van der Waals surface area contributed by atoms with Crippen LogP contribution in [0, 0.1) is 19.7 Å². The van der Waals surface area contributed by atoms with E-state index in [2.05, 4.69) is 11.1 Å². The number of aromatic nitrogens is 3. The first kappa shape index (κ1) is 20.4. The van der Waals surface area contributed by atoms with E-state index in [1.54, 1.807) is 18.3 Å². The first-order valence-corrected chi connectivity index (χ1v) is 11.0. The van der Waals surface area contributed by atoms with Crippen LogP contribution in [-0.2, 0) is 0 Å². The van der Waals surface area contributed by atoms with Crippen molar-refractivity contribution in [3.05, 3.63) is 89.4 Å². The molecule has 32 heavy (non-hydrogen) atoms. The highest BCUT2D eigenvalue weighted by atomic mass is 19.1. The van der Waals surface area contributed by atoms with E-state index >= 15 is 0 Å². The molecule has 0 spiro atoms. The minimum absolute atomic E-state index is 0.0394. The Morgan fingerprint density at radius 3 is 2.66 bits per heavy atom. The summed E-state index contributed by atoms with van der Waals surface area (Å²) in [5, 5.41) is 0. The first-order chi connectivity index (χ1) is 15.5. The number of amides is 1. The van der Waals surface area contributed by atoms with Gasteiger partial charge in [0, 0.05) is 42.8 Å². The molecular formula is C26H25FN4O. The summed E-state index contributed by atoms with van der Waals surface area (Å²) in [6.45, 7) is 5.32. The molecule has 1 amide bonds. The minimum Gasteiger partial charge on any atom is -0.337 e. The Morgan fingerprint density at radius 1 is 1.03 bits per heavy atom. The smallest absolute Gasteiger partial charge is 0.274 e. The summed E-state index contributed by atoms with van der Waals surface area (Å²) >= 11 is 0. The van der Waals surface area contributed by atoms with Crippen LogP contribution in [0.3, 0.4) is 0 Å². The molecule has 162 valence electrons. The molecular weight excluding hydrogens is 403 g/mol. The van der Waals surface area contributed by atoms with Gasteiger partial charge in [0.25, 0.3) is 5.91 Å². The molecule has 1 aromatic carbocycles. The lowest BCUT2D eigenvalue weighted by Gasteiger charge is -2.32. The van der Waals surface area contributed by atoms with Gasteiger partial charge in [0.05, 0.1) is 0 Å². The van der Waals surface area contributed by atoms with Gasteiger partial charge in [0.2, 0.25) is 0 Å². The molecule has 4 aromatic rings. The van der Waals surface area contributed by atoms with Gasteiger partial charge in [-0.2, -0.15) is 0 Å². The lowest BCUT2D eigenvalue weighted by Crippen LogP contribution is -2.39. The molecule has 1 atom stereocenters. The lowest BCUT2D eigenvalue weighted by atomic mass is 9.92. The van der Waals surface area contributed by atoms with E-state index in [1.807, 2.05) is 47.5 Å². The number of hydrogen-bond donors (Lipinski definition) is 0. The number of likely N-dealkylation sites (tertiary alicyclic amines) is 1. The molecule has 1 saturated heterocycles. The molecule has 1 aliphatic rings. The number of rotatable bonds is 3. The van der Waals surface area contributed by atoms with Crippen molar-refractivity contribution < 1.29 is 9.18 Å². The summed E-state index contributed by atoms with van der Waals surface area (Å²) in [4.78, 5) is 24.4. The Hall–Kier alpha value is -3.54. The molecule has 0 N–H and O–H groups in total. The number of carbonyl (C=O) groups excluding carboxylic acids is 1. The maximum Gasteiger partial charge on any atom is 0.274 e. The number of imidazole rings is 1. The summed E-state index contributed by atoms with van der Waals surface area (Å²) in [7, 11) is 0. The Bertz CT molecular complexity index is 1300. The van der Waals surface area contributed by atoms with E-state index in [0.29, 0.717) is 12.2 Å². The topological polar surface area (TPSA) is 50.5 Å². The molecule has 0 saturated carbocycles. The fourth-order valence-electron chi connectivity index (χ4n) is 4.46. The summed E-state index contributed by atoms with van der Waals surface area (Å²) in [5.74, 6) is -0.128. The maximum atomic E-state index is 13.3. The third-order valence-electron chi connectivity index (χ3n) is 6.11. The SMILES string of the molecule is Cc1ccn2cc(C(=O)N3CCC[C@H](c4cc(-c5ccc(F)cc5)cc(C)n4)C3)nc2c1. The van der Waals surface area contributed by atoms with Crippen molar-refractivity contribution in [1.82, 2.24) is 19.3 Å². The van der Waals surface area contributed by atoms with Crippen LogP contribution in [0.25, 0.3) is 16.8 Å². The van der Waals surface area contributed by atoms with Gasteiger partial charge in [0.15, 0.2) is 0 Å². The predicted octanol–water partition coefficient (Wildman–Crippen LogP) is 5.17. The van der Waals surface area contributed by atoms with E-state index in [4.69, 9.17) is 4.98 Å². The van der Waals surface area contributed by atoms with Gasteiger partial charge in [-0.25, -0.2) is 9.37 Å². The standard InChI is InChI=1S/C26H25FN4O/c1-17-9-11-30-16-24(29-25(30)12-17)26(32)31-10-3-4-20(15-31)23-14-21(13-18(2)28-23)19-5-7-22(27)8-6-19/h5-9,11-14,16,20H,3-4,10,15H2,1-2H3/t20-/m0/s1. The van der Waals surface area contributed by atoms with Gasteiger partial charge in [-0.05, 0) is 79.8 Å². The van der Waals surface area contributed by atoms with Crippen LogP contribution in [0.15, 0.2) is 60.9 Å². The van der Waals surface area contributed by atoms with E-state index in [0.717, 1.165) is 53.1 Å². The molecule has 1 aliphatic heterocycles. The van der Waals surface area contributed by atoms with Crippen molar-refractivity contribution in [1.29, 1.82) is 0 Å². The van der Waals surface area contributed by atoms with E-state index < -0.39 is 0 Å². The van der Waals surface area contributed by atoms with Crippen LogP contribution in [0.4, 0.5) is 4.39 Å². The van der Waals surface area contributed by atoms with Gasteiger partial charge in [-0.15, -0.1) is 0 Å². The number of carbonyl (C=O) groups is 1. The molecule has 5 nitrogen and oxygen atoms in total. The summed E-state index contributed by atoms with van der Waals surface area (Å²) < 4.78 is 15.2. The minimum atomic E-state index is -0.247. The molecule has 5 rings (SSSR count). The van der Waals surface area contributed by atoms with Gasteiger partial charge >= 0.3 is 0 Å². The Morgan fingerprint density at radius 2 is 1.84 bits per heavy atom. The van der Waals surface area contributed by atoms with Gasteiger partial charge in [0.1, 0.15) is 17.2 Å². The highest BCUT2D eigenvalue weighted by Crippen LogP contribution is 2.30. The molecule has 0 radical (unpaired) electrons. The van der Waals surface area contributed by atoms with Crippen molar-refractivity contribution in [2.24, 2.45) is 0 Å². The molecule has 0 bridgehead atoms. The van der Waals surface area contributed by atoms with E-state index in [-0.39, 0.29) is 17.6 Å². The highest BCUT2D eigenvalue weighted by Gasteiger charge is 2.28. The monoisotopic (exact) mass is 428 g/mol. The van der Waals surface area contributed by atoms with Crippen LogP contribution in [-0.4, -0.2) is 38.3 Å². The average molecular weight is 429 g/mol. The van der Waals surface area contributed by atoms with Gasteiger partial charge in [-0.3, -0.25) is 9.78 Å². The number of benzene rings is 1. The normalized spacial score (nSPS) is 16.5. The van der Waals surface area contributed by atoms with Crippen LogP contribution in [0.5, 0.6) is 0 Å². The number of hydrogen-bond acceptors (Lipinski definition) is 3.